The molecule has 0 saturated heterocycles. The molecule has 0 aliphatic heterocycles. The molecule has 106 valence electrons. The fourth-order valence-corrected chi connectivity index (χ4v) is 1.87. The van der Waals surface area contributed by atoms with E-state index in [0.29, 0.717) is 18.7 Å². The maximum atomic E-state index is 11.9. The summed E-state index contributed by atoms with van der Waals surface area (Å²) in [5.74, 6) is 1.50. The normalized spacial score (nSPS) is 12.2. The number of anilines is 1. The van der Waals surface area contributed by atoms with Crippen LogP contribution < -0.4 is 11.1 Å². The highest BCUT2D eigenvalue weighted by molar-refractivity contribution is 5.92. The first-order valence-corrected chi connectivity index (χ1v) is 6.59. The molecule has 1 atom stereocenters. The number of amides is 1. The van der Waals surface area contributed by atoms with Crippen LogP contribution in [0.1, 0.15) is 19.2 Å². The first kappa shape index (κ1) is 14.2. The molecule has 1 amide bonds. The van der Waals surface area contributed by atoms with E-state index in [1.54, 1.807) is 12.4 Å². The number of nitrogens with one attached hydrogen (secondary N) is 1. The van der Waals surface area contributed by atoms with Crippen molar-refractivity contribution in [1.29, 1.82) is 0 Å². The van der Waals surface area contributed by atoms with E-state index >= 15 is 0 Å². The Morgan fingerprint density at radius 2 is 2.25 bits per heavy atom. The van der Waals surface area contributed by atoms with Crippen molar-refractivity contribution in [2.24, 2.45) is 11.7 Å². The van der Waals surface area contributed by atoms with Gasteiger partial charge in [0.25, 0.3) is 0 Å². The molecule has 2 aromatic heterocycles. The Morgan fingerprint density at radius 3 is 2.80 bits per heavy atom. The van der Waals surface area contributed by atoms with E-state index in [4.69, 9.17) is 5.73 Å². The highest BCUT2D eigenvalue weighted by Crippen LogP contribution is 2.13. The number of carbonyl (C=O) groups is 1. The number of aryl methyl sites for hydroxylation is 1. The van der Waals surface area contributed by atoms with Crippen molar-refractivity contribution in [3.63, 3.8) is 0 Å². The van der Waals surface area contributed by atoms with Crippen LogP contribution in [0.4, 0.5) is 5.69 Å². The van der Waals surface area contributed by atoms with Crippen LogP contribution in [-0.4, -0.2) is 27.0 Å². The van der Waals surface area contributed by atoms with E-state index in [1.165, 1.54) is 0 Å². The maximum absolute atomic E-state index is 11.9. The summed E-state index contributed by atoms with van der Waals surface area (Å²) >= 11 is 0. The molecule has 1 unspecified atom stereocenters. The summed E-state index contributed by atoms with van der Waals surface area (Å²) in [6, 6.07) is 3.67. The van der Waals surface area contributed by atoms with Crippen molar-refractivity contribution in [3.05, 3.63) is 36.5 Å². The molecule has 0 bridgehead atoms. The van der Waals surface area contributed by atoms with Gasteiger partial charge in [0.2, 0.25) is 5.91 Å². The number of aromatic nitrogens is 3. The predicted octanol–water partition coefficient (Wildman–Crippen LogP) is 1.50. The zero-order valence-corrected chi connectivity index (χ0v) is 11.7. The maximum Gasteiger partial charge on any atom is 0.227 e. The molecule has 0 aliphatic carbocycles. The predicted molar refractivity (Wildman–Crippen MR) is 77.6 cm³/mol. The topological polar surface area (TPSA) is 85.8 Å². The van der Waals surface area contributed by atoms with Crippen molar-refractivity contribution < 1.29 is 4.79 Å². The number of carbonyl (C=O) groups excluding carboxylic acids is 1. The largest absolute Gasteiger partial charge is 0.330 e. The number of nitrogens with zero attached hydrogens (tertiary/aromatic N) is 3. The van der Waals surface area contributed by atoms with E-state index in [-0.39, 0.29) is 11.8 Å². The minimum Gasteiger partial charge on any atom is -0.330 e. The van der Waals surface area contributed by atoms with Gasteiger partial charge in [0, 0.05) is 18.3 Å². The van der Waals surface area contributed by atoms with Crippen molar-refractivity contribution >= 4 is 11.6 Å². The first-order valence-electron chi connectivity index (χ1n) is 6.59. The molecule has 0 radical (unpaired) electrons. The summed E-state index contributed by atoms with van der Waals surface area (Å²) in [7, 11) is 0. The van der Waals surface area contributed by atoms with E-state index in [9.17, 15) is 4.79 Å². The molecule has 20 heavy (non-hydrogen) atoms. The van der Waals surface area contributed by atoms with Crippen LogP contribution in [0.3, 0.4) is 0 Å². The monoisotopic (exact) mass is 273 g/mol. The van der Waals surface area contributed by atoms with Gasteiger partial charge in [-0.3, -0.25) is 9.36 Å². The van der Waals surface area contributed by atoms with Crippen LogP contribution in [0, 0.1) is 12.8 Å². The number of imidazole rings is 1. The van der Waals surface area contributed by atoms with Gasteiger partial charge in [-0.25, -0.2) is 9.97 Å². The molecule has 0 fully saturated rings. The Morgan fingerprint density at radius 1 is 1.45 bits per heavy atom. The molecule has 0 aliphatic rings. The van der Waals surface area contributed by atoms with Gasteiger partial charge in [-0.1, -0.05) is 6.92 Å². The standard InChI is InChI=1S/C14H19N5O/c1-10(5-6-15)14(20)18-12-3-4-13(17-9-12)19-8-7-16-11(19)2/h3-4,7-10H,5-6,15H2,1-2H3,(H,18,20). The molecule has 2 aromatic rings. The second kappa shape index (κ2) is 6.29. The number of pyridine rings is 1. The Labute approximate surface area is 118 Å². The van der Waals surface area contributed by atoms with Gasteiger partial charge in [-0.15, -0.1) is 0 Å². The summed E-state index contributed by atoms with van der Waals surface area (Å²) in [5.41, 5.74) is 6.13. The lowest BCUT2D eigenvalue weighted by Crippen LogP contribution is -2.22. The molecule has 3 N–H and O–H groups in total. The third kappa shape index (κ3) is 3.21. The Balaban J connectivity index is 2.06. The third-order valence-corrected chi connectivity index (χ3v) is 3.14. The van der Waals surface area contributed by atoms with Gasteiger partial charge in [0.05, 0.1) is 11.9 Å². The van der Waals surface area contributed by atoms with Gasteiger partial charge in [0.1, 0.15) is 11.6 Å². The van der Waals surface area contributed by atoms with Crippen molar-refractivity contribution in [2.75, 3.05) is 11.9 Å². The minimum absolute atomic E-state index is 0.0381. The zero-order valence-electron chi connectivity index (χ0n) is 11.7. The SMILES string of the molecule is Cc1nccn1-c1ccc(NC(=O)C(C)CCN)cn1. The van der Waals surface area contributed by atoms with Crippen LogP contribution in [0.5, 0.6) is 0 Å². The quantitative estimate of drug-likeness (QED) is 0.864. The number of hydrogen-bond donors (Lipinski definition) is 2. The molecule has 6 nitrogen and oxygen atoms in total. The average molecular weight is 273 g/mol. The first-order chi connectivity index (χ1) is 9.61. The molecule has 2 heterocycles. The summed E-state index contributed by atoms with van der Waals surface area (Å²) in [6.07, 6.45) is 5.88. The average Bonchev–Trinajstić information content (AvgIpc) is 2.86. The lowest BCUT2D eigenvalue weighted by atomic mass is 10.1. The molecular formula is C14H19N5O. The summed E-state index contributed by atoms with van der Waals surface area (Å²) in [4.78, 5) is 20.3. The van der Waals surface area contributed by atoms with Gasteiger partial charge < -0.3 is 11.1 Å². The number of hydrogen-bond acceptors (Lipinski definition) is 4. The zero-order chi connectivity index (χ0) is 14.5. The fraction of sp³-hybridized carbons (Fsp3) is 0.357. The van der Waals surface area contributed by atoms with E-state index in [0.717, 1.165) is 11.6 Å². The van der Waals surface area contributed by atoms with Crippen LogP contribution in [-0.2, 0) is 4.79 Å². The van der Waals surface area contributed by atoms with E-state index < -0.39 is 0 Å². The van der Waals surface area contributed by atoms with Crippen LogP contribution >= 0.6 is 0 Å². The summed E-state index contributed by atoms with van der Waals surface area (Å²) in [5, 5.41) is 2.83. The molecular weight excluding hydrogens is 254 g/mol. The summed E-state index contributed by atoms with van der Waals surface area (Å²) < 4.78 is 1.88. The number of nitrogens with two attached hydrogens (primary N) is 1. The van der Waals surface area contributed by atoms with Crippen LogP contribution in [0.15, 0.2) is 30.7 Å². The minimum atomic E-state index is -0.101. The number of rotatable bonds is 5. The Hall–Kier alpha value is -2.21. The van der Waals surface area contributed by atoms with Crippen molar-refractivity contribution in [1.82, 2.24) is 14.5 Å². The highest BCUT2D eigenvalue weighted by Gasteiger charge is 2.12. The Bertz CT molecular complexity index is 576. The third-order valence-electron chi connectivity index (χ3n) is 3.14. The van der Waals surface area contributed by atoms with Gasteiger partial charge >= 0.3 is 0 Å². The highest BCUT2D eigenvalue weighted by atomic mass is 16.1. The fourth-order valence-electron chi connectivity index (χ4n) is 1.87. The van der Waals surface area contributed by atoms with Gasteiger partial charge in [0.15, 0.2) is 0 Å². The Kier molecular flexibility index (Phi) is 4.47. The molecule has 2 rings (SSSR count). The molecule has 0 aromatic carbocycles. The van der Waals surface area contributed by atoms with Crippen molar-refractivity contribution in [2.45, 2.75) is 20.3 Å². The second-order valence-electron chi connectivity index (χ2n) is 4.72. The molecule has 6 heteroatoms. The van der Waals surface area contributed by atoms with Crippen LogP contribution in [0.25, 0.3) is 5.82 Å². The van der Waals surface area contributed by atoms with Crippen molar-refractivity contribution in [3.8, 4) is 5.82 Å². The lowest BCUT2D eigenvalue weighted by molar-refractivity contribution is -0.119. The molecule has 0 spiro atoms. The van der Waals surface area contributed by atoms with Gasteiger partial charge in [-0.05, 0) is 32.0 Å². The second-order valence-corrected chi connectivity index (χ2v) is 4.72. The smallest absolute Gasteiger partial charge is 0.227 e. The molecule has 0 saturated carbocycles. The summed E-state index contributed by atoms with van der Waals surface area (Å²) in [6.45, 7) is 4.27. The van der Waals surface area contributed by atoms with Crippen LogP contribution in [0.2, 0.25) is 0 Å². The van der Waals surface area contributed by atoms with Gasteiger partial charge in [-0.2, -0.15) is 0 Å². The van der Waals surface area contributed by atoms with E-state index in [1.807, 2.05) is 36.7 Å². The van der Waals surface area contributed by atoms with E-state index in [2.05, 4.69) is 15.3 Å². The lowest BCUT2D eigenvalue weighted by Gasteiger charge is -2.11.